The van der Waals surface area contributed by atoms with E-state index in [9.17, 15) is 29.2 Å². The zero-order valence-electron chi connectivity index (χ0n) is 19.6. The highest BCUT2D eigenvalue weighted by molar-refractivity contribution is 6.31. The summed E-state index contributed by atoms with van der Waals surface area (Å²) in [5.74, 6) is -2.91. The van der Waals surface area contributed by atoms with E-state index in [1.807, 2.05) is 31.1 Å². The van der Waals surface area contributed by atoms with Crippen LogP contribution in [0.2, 0.25) is 5.02 Å². The molecule has 10 nitrogen and oxygen atoms in total. The number of nitrogens with one attached hydrogen (secondary N) is 2. The summed E-state index contributed by atoms with van der Waals surface area (Å²) in [5.41, 5.74) is 2.68. The van der Waals surface area contributed by atoms with E-state index in [0.29, 0.717) is 5.56 Å². The predicted molar refractivity (Wildman–Crippen MR) is 138 cm³/mol. The molecule has 0 aliphatic heterocycles. The molecule has 0 fully saturated rings. The maximum atomic E-state index is 13.6. The van der Waals surface area contributed by atoms with Crippen molar-refractivity contribution in [2.45, 2.75) is 0 Å². The Hall–Kier alpha value is -4.77. The molecule has 0 saturated carbocycles. The Morgan fingerprint density at radius 1 is 1.14 bits per heavy atom. The van der Waals surface area contributed by atoms with Crippen molar-refractivity contribution in [3.05, 3.63) is 104 Å². The lowest BCUT2D eigenvalue weighted by atomic mass is 10.1. The van der Waals surface area contributed by atoms with E-state index in [2.05, 4.69) is 15.8 Å². The zero-order chi connectivity index (χ0) is 27.1. The second kappa shape index (κ2) is 11.8. The molecule has 190 valence electrons. The van der Waals surface area contributed by atoms with Crippen molar-refractivity contribution in [3.8, 4) is 5.75 Å². The molecular weight excluding hydrogens is 505 g/mol. The third kappa shape index (κ3) is 7.12. The normalized spacial score (nSPS) is 11.3. The minimum absolute atomic E-state index is 0.0127. The lowest BCUT2D eigenvalue weighted by molar-refractivity contribution is -0.385. The maximum absolute atomic E-state index is 13.6. The van der Waals surface area contributed by atoms with Crippen LogP contribution in [0, 0.1) is 15.9 Å². The Labute approximate surface area is 215 Å². The van der Waals surface area contributed by atoms with Gasteiger partial charge >= 0.3 is 5.69 Å². The van der Waals surface area contributed by atoms with Crippen molar-refractivity contribution >= 4 is 47.1 Å². The minimum Gasteiger partial charge on any atom is -0.502 e. The number of nitrogens with zero attached hydrogens (tertiary/aromatic N) is 3. The van der Waals surface area contributed by atoms with E-state index in [0.717, 1.165) is 24.0 Å². The van der Waals surface area contributed by atoms with Crippen molar-refractivity contribution < 1.29 is 24.0 Å². The number of phenols is 1. The number of hydrazone groups is 1. The van der Waals surface area contributed by atoms with Gasteiger partial charge < -0.3 is 15.3 Å². The number of hydrogen-bond acceptors (Lipinski definition) is 7. The number of rotatable bonds is 8. The van der Waals surface area contributed by atoms with Crippen LogP contribution in [-0.4, -0.2) is 42.2 Å². The molecule has 0 aromatic heterocycles. The highest BCUT2D eigenvalue weighted by atomic mass is 35.5. The number of anilines is 1. The van der Waals surface area contributed by atoms with Crippen molar-refractivity contribution in [2.24, 2.45) is 5.10 Å². The van der Waals surface area contributed by atoms with Crippen molar-refractivity contribution in [2.75, 3.05) is 19.0 Å². The second-order valence-electron chi connectivity index (χ2n) is 7.83. The van der Waals surface area contributed by atoms with Gasteiger partial charge in [-0.15, -0.1) is 0 Å². The summed E-state index contributed by atoms with van der Waals surface area (Å²) in [6, 6.07) is 14.2. The van der Waals surface area contributed by atoms with Gasteiger partial charge in [0.1, 0.15) is 11.5 Å². The third-order valence-electron chi connectivity index (χ3n) is 4.95. The van der Waals surface area contributed by atoms with Crippen molar-refractivity contribution in [3.63, 3.8) is 0 Å². The minimum atomic E-state index is -0.853. The lowest BCUT2D eigenvalue weighted by Gasteiger charge is -2.12. The molecule has 0 saturated heterocycles. The number of nitro benzene ring substituents is 1. The van der Waals surface area contributed by atoms with Gasteiger partial charge in [-0.25, -0.2) is 9.82 Å². The Bertz CT molecular complexity index is 1410. The first-order valence-corrected chi connectivity index (χ1v) is 11.0. The number of carbonyl (C=O) groups excluding carboxylic acids is 2. The zero-order valence-corrected chi connectivity index (χ0v) is 20.4. The lowest BCUT2D eigenvalue weighted by Crippen LogP contribution is -2.32. The van der Waals surface area contributed by atoms with E-state index < -0.39 is 34.0 Å². The number of nitro groups is 1. The number of hydrogen-bond donors (Lipinski definition) is 3. The highest BCUT2D eigenvalue weighted by Gasteiger charge is 2.18. The first-order chi connectivity index (χ1) is 17.5. The van der Waals surface area contributed by atoms with Crippen LogP contribution in [-0.2, 0) is 4.79 Å². The summed E-state index contributed by atoms with van der Waals surface area (Å²) in [6.45, 7) is 0. The van der Waals surface area contributed by atoms with Gasteiger partial charge in [-0.05, 0) is 48.0 Å². The van der Waals surface area contributed by atoms with Crippen LogP contribution >= 0.6 is 11.6 Å². The number of phenolic OH excluding ortho intramolecular Hbond substituents is 1. The topological polar surface area (TPSA) is 137 Å². The van der Waals surface area contributed by atoms with Crippen molar-refractivity contribution in [1.29, 1.82) is 0 Å². The van der Waals surface area contributed by atoms with Gasteiger partial charge in [0.15, 0.2) is 0 Å². The highest BCUT2D eigenvalue weighted by Crippen LogP contribution is 2.32. The molecule has 0 aliphatic rings. The molecule has 3 rings (SSSR count). The van der Waals surface area contributed by atoms with Gasteiger partial charge in [0.25, 0.3) is 11.8 Å². The van der Waals surface area contributed by atoms with Crippen LogP contribution in [0.4, 0.5) is 15.8 Å². The van der Waals surface area contributed by atoms with E-state index in [4.69, 9.17) is 11.6 Å². The van der Waals surface area contributed by atoms with Crippen LogP contribution in [0.5, 0.6) is 5.75 Å². The smallest absolute Gasteiger partial charge is 0.312 e. The molecule has 3 N–H and O–H groups in total. The molecule has 3 aromatic carbocycles. The van der Waals surface area contributed by atoms with E-state index in [-0.39, 0.29) is 21.8 Å². The first-order valence-electron chi connectivity index (χ1n) is 10.6. The summed E-state index contributed by atoms with van der Waals surface area (Å²) < 4.78 is 13.6. The van der Waals surface area contributed by atoms with Crippen molar-refractivity contribution in [1.82, 2.24) is 10.7 Å². The molecule has 0 aliphatic carbocycles. The molecular formula is C25H21ClFN5O5. The first kappa shape index (κ1) is 26.8. The van der Waals surface area contributed by atoms with Gasteiger partial charge in [0.2, 0.25) is 5.75 Å². The molecule has 0 bridgehead atoms. The average molecular weight is 526 g/mol. The molecule has 0 radical (unpaired) electrons. The van der Waals surface area contributed by atoms with Crippen LogP contribution in [0.25, 0.3) is 6.08 Å². The van der Waals surface area contributed by atoms with E-state index in [1.54, 1.807) is 12.1 Å². The number of benzene rings is 3. The third-order valence-corrected chi connectivity index (χ3v) is 5.17. The van der Waals surface area contributed by atoms with Crippen LogP contribution in [0.1, 0.15) is 21.5 Å². The van der Waals surface area contributed by atoms with Gasteiger partial charge in [-0.2, -0.15) is 5.10 Å². The number of aromatic hydroxyl groups is 1. The molecule has 0 heterocycles. The van der Waals surface area contributed by atoms with Gasteiger partial charge in [0.05, 0.1) is 11.1 Å². The molecule has 2 amide bonds. The fraction of sp³-hybridized carbons (Fsp3) is 0.0800. The fourth-order valence-electron chi connectivity index (χ4n) is 3.08. The van der Waals surface area contributed by atoms with Crippen LogP contribution in [0.3, 0.4) is 0 Å². The summed E-state index contributed by atoms with van der Waals surface area (Å²) in [6.07, 6.45) is 2.35. The molecule has 0 spiro atoms. The Morgan fingerprint density at radius 3 is 2.46 bits per heavy atom. The Kier molecular flexibility index (Phi) is 8.54. The monoisotopic (exact) mass is 525 g/mol. The molecule has 0 atom stereocenters. The Morgan fingerprint density at radius 2 is 1.84 bits per heavy atom. The number of carbonyl (C=O) groups is 2. The van der Waals surface area contributed by atoms with E-state index >= 15 is 0 Å². The summed E-state index contributed by atoms with van der Waals surface area (Å²) in [5, 5.41) is 27.3. The standard InChI is InChI=1S/C25H21ClFN5O5/c1-31(2)20-8-6-15(7-9-20)10-21(29-24(34)16-4-3-5-19(27)12-16)25(35)30-28-14-17-11-18(26)13-22(23(17)33)32(36)37/h3-14,33H,1-2H3,(H,29,34)(H,30,35)/b21-10-,28-14-. The molecule has 3 aromatic rings. The molecule has 0 unspecified atom stereocenters. The largest absolute Gasteiger partial charge is 0.502 e. The predicted octanol–water partition coefficient (Wildman–Crippen LogP) is 4.08. The van der Waals surface area contributed by atoms with Crippen LogP contribution in [0.15, 0.2) is 71.5 Å². The summed E-state index contributed by atoms with van der Waals surface area (Å²) >= 11 is 5.85. The average Bonchev–Trinajstić information content (AvgIpc) is 2.85. The van der Waals surface area contributed by atoms with Gasteiger partial charge in [-0.3, -0.25) is 19.7 Å². The van der Waals surface area contributed by atoms with Crippen LogP contribution < -0.4 is 15.6 Å². The quantitative estimate of drug-likeness (QED) is 0.175. The molecule has 37 heavy (non-hydrogen) atoms. The Balaban J connectivity index is 1.88. The molecule has 12 heteroatoms. The summed E-state index contributed by atoms with van der Waals surface area (Å²) in [4.78, 5) is 37.7. The van der Waals surface area contributed by atoms with Gasteiger partial charge in [0, 0.05) is 42.0 Å². The van der Waals surface area contributed by atoms with E-state index in [1.165, 1.54) is 30.3 Å². The number of amides is 2. The fourth-order valence-corrected chi connectivity index (χ4v) is 3.30. The maximum Gasteiger partial charge on any atom is 0.312 e. The van der Waals surface area contributed by atoms with Gasteiger partial charge in [-0.1, -0.05) is 29.8 Å². The summed E-state index contributed by atoms with van der Waals surface area (Å²) in [7, 11) is 3.74. The second-order valence-corrected chi connectivity index (χ2v) is 8.26. The number of halogens is 2. The SMILES string of the molecule is CN(C)c1ccc(/C=C(\NC(=O)c2cccc(F)c2)C(=O)N/N=C\c2cc(Cl)cc([N+](=O)[O-])c2O)cc1.